The molecule has 1 aliphatic heterocycles. The molecular formula is C7H11F2NO3. The second-order valence-electron chi connectivity index (χ2n) is 3.09. The summed E-state index contributed by atoms with van der Waals surface area (Å²) in [5.74, 6) is -1.16. The van der Waals surface area contributed by atoms with E-state index >= 15 is 0 Å². The molecule has 0 radical (unpaired) electrons. The minimum absolute atomic E-state index is 0.0152. The van der Waals surface area contributed by atoms with Gasteiger partial charge in [-0.3, -0.25) is 9.69 Å². The van der Waals surface area contributed by atoms with Crippen molar-refractivity contribution in [1.82, 2.24) is 4.90 Å². The summed E-state index contributed by atoms with van der Waals surface area (Å²) < 4.78 is 23.9. The first kappa shape index (κ1) is 10.3. The zero-order valence-corrected chi connectivity index (χ0v) is 6.86. The minimum atomic E-state index is -2.56. The Morgan fingerprint density at radius 2 is 2.23 bits per heavy atom. The lowest BCUT2D eigenvalue weighted by Gasteiger charge is -2.19. The molecule has 0 saturated carbocycles. The van der Waals surface area contributed by atoms with Gasteiger partial charge in [-0.25, -0.2) is 8.78 Å². The van der Waals surface area contributed by atoms with Crippen molar-refractivity contribution in [3.05, 3.63) is 0 Å². The number of aliphatic hydroxyl groups excluding tert-OH is 1. The van der Waals surface area contributed by atoms with Crippen LogP contribution in [-0.4, -0.2) is 52.7 Å². The third-order valence-electron chi connectivity index (χ3n) is 2.04. The SMILES string of the molecule is O=C(O)C1CC(O)CN1CC(F)F. The number of likely N-dealkylation sites (tertiary alicyclic amines) is 1. The highest BCUT2D eigenvalue weighted by Crippen LogP contribution is 2.18. The number of aliphatic carboxylic acids is 1. The fourth-order valence-electron chi connectivity index (χ4n) is 1.52. The first-order valence-electron chi connectivity index (χ1n) is 3.93. The highest BCUT2D eigenvalue weighted by atomic mass is 19.3. The molecule has 0 spiro atoms. The van der Waals surface area contributed by atoms with Gasteiger partial charge in [0.1, 0.15) is 6.04 Å². The van der Waals surface area contributed by atoms with Gasteiger partial charge in [0.25, 0.3) is 6.43 Å². The summed E-state index contributed by atoms with van der Waals surface area (Å²) in [5, 5.41) is 17.7. The monoisotopic (exact) mass is 195 g/mol. The standard InChI is InChI=1S/C7H11F2NO3/c8-6(9)3-10-2-4(11)1-5(10)7(12)13/h4-6,11H,1-3H2,(H,12,13). The lowest BCUT2D eigenvalue weighted by Crippen LogP contribution is -2.38. The number of hydrogen-bond acceptors (Lipinski definition) is 3. The fourth-order valence-corrected chi connectivity index (χ4v) is 1.52. The molecular weight excluding hydrogens is 184 g/mol. The van der Waals surface area contributed by atoms with Crippen molar-refractivity contribution in [2.45, 2.75) is 25.0 Å². The third-order valence-corrected chi connectivity index (χ3v) is 2.04. The molecule has 1 fully saturated rings. The summed E-state index contributed by atoms with van der Waals surface area (Å²) in [5.41, 5.74) is 0. The van der Waals surface area contributed by atoms with E-state index in [1.807, 2.05) is 0 Å². The van der Waals surface area contributed by atoms with Crippen molar-refractivity contribution in [2.24, 2.45) is 0 Å². The van der Waals surface area contributed by atoms with Crippen molar-refractivity contribution in [2.75, 3.05) is 13.1 Å². The second-order valence-corrected chi connectivity index (χ2v) is 3.09. The Morgan fingerprint density at radius 1 is 1.62 bits per heavy atom. The van der Waals surface area contributed by atoms with Gasteiger partial charge in [-0.15, -0.1) is 0 Å². The van der Waals surface area contributed by atoms with Gasteiger partial charge >= 0.3 is 5.97 Å². The molecule has 0 amide bonds. The van der Waals surface area contributed by atoms with Crippen LogP contribution in [0.3, 0.4) is 0 Å². The van der Waals surface area contributed by atoms with Crippen LogP contribution >= 0.6 is 0 Å². The topological polar surface area (TPSA) is 60.8 Å². The lowest BCUT2D eigenvalue weighted by atomic mass is 10.2. The summed E-state index contributed by atoms with van der Waals surface area (Å²) in [6.07, 6.45) is -3.34. The first-order valence-corrected chi connectivity index (χ1v) is 3.93. The lowest BCUT2D eigenvalue weighted by molar-refractivity contribution is -0.142. The summed E-state index contributed by atoms with van der Waals surface area (Å²) in [7, 11) is 0. The van der Waals surface area contributed by atoms with Gasteiger partial charge in [0.15, 0.2) is 0 Å². The molecule has 4 nitrogen and oxygen atoms in total. The van der Waals surface area contributed by atoms with Gasteiger partial charge in [0.05, 0.1) is 12.6 Å². The third kappa shape index (κ3) is 2.60. The number of alkyl halides is 2. The number of carbonyl (C=O) groups is 1. The van der Waals surface area contributed by atoms with E-state index in [0.717, 1.165) is 4.90 Å². The van der Waals surface area contributed by atoms with Crippen molar-refractivity contribution < 1.29 is 23.8 Å². The van der Waals surface area contributed by atoms with Gasteiger partial charge in [-0.05, 0) is 0 Å². The number of carboxylic acid groups (broad SMARTS) is 1. The number of β-amino-alcohol motifs (C(OH)–C–C–N with tert-alkyl or cyclic N) is 1. The molecule has 0 aromatic heterocycles. The van der Waals surface area contributed by atoms with E-state index in [9.17, 15) is 13.6 Å². The van der Waals surface area contributed by atoms with Crippen molar-refractivity contribution >= 4 is 5.97 Å². The fraction of sp³-hybridized carbons (Fsp3) is 0.857. The van der Waals surface area contributed by atoms with E-state index in [2.05, 4.69) is 0 Å². The van der Waals surface area contributed by atoms with Crippen LogP contribution in [0.2, 0.25) is 0 Å². The number of carboxylic acids is 1. The largest absolute Gasteiger partial charge is 0.480 e. The Balaban J connectivity index is 2.55. The zero-order valence-electron chi connectivity index (χ0n) is 6.86. The Labute approximate surface area is 73.8 Å². The minimum Gasteiger partial charge on any atom is -0.480 e. The smallest absolute Gasteiger partial charge is 0.321 e. The van der Waals surface area contributed by atoms with Crippen molar-refractivity contribution in [1.29, 1.82) is 0 Å². The highest BCUT2D eigenvalue weighted by Gasteiger charge is 2.36. The average Bonchev–Trinajstić information content (AvgIpc) is 2.29. The van der Waals surface area contributed by atoms with Gasteiger partial charge < -0.3 is 10.2 Å². The number of hydrogen-bond donors (Lipinski definition) is 2. The Bertz CT molecular complexity index is 200. The summed E-state index contributed by atoms with van der Waals surface area (Å²) in [6, 6.07) is -0.969. The van der Waals surface area contributed by atoms with E-state index in [0.29, 0.717) is 0 Å². The van der Waals surface area contributed by atoms with Crippen LogP contribution in [0.25, 0.3) is 0 Å². The molecule has 0 bridgehead atoms. The molecule has 76 valence electrons. The molecule has 13 heavy (non-hydrogen) atoms. The number of rotatable bonds is 3. The summed E-state index contributed by atoms with van der Waals surface area (Å²) in [4.78, 5) is 11.6. The van der Waals surface area contributed by atoms with Gasteiger partial charge in [0.2, 0.25) is 0 Å². The summed E-state index contributed by atoms with van der Waals surface area (Å²) >= 11 is 0. The molecule has 2 N–H and O–H groups in total. The van der Waals surface area contributed by atoms with E-state index in [1.165, 1.54) is 0 Å². The quantitative estimate of drug-likeness (QED) is 0.653. The number of nitrogens with zero attached hydrogens (tertiary/aromatic N) is 1. The first-order chi connectivity index (χ1) is 6.00. The van der Waals surface area contributed by atoms with E-state index in [4.69, 9.17) is 10.2 Å². The molecule has 2 unspecified atom stereocenters. The number of halogens is 2. The molecule has 2 atom stereocenters. The van der Waals surface area contributed by atoms with Gasteiger partial charge in [-0.1, -0.05) is 0 Å². The normalized spacial score (nSPS) is 29.8. The van der Waals surface area contributed by atoms with Gasteiger partial charge in [0, 0.05) is 13.0 Å². The maximum atomic E-state index is 11.9. The van der Waals surface area contributed by atoms with Crippen molar-refractivity contribution in [3.8, 4) is 0 Å². The van der Waals surface area contributed by atoms with Crippen molar-refractivity contribution in [3.63, 3.8) is 0 Å². The van der Waals surface area contributed by atoms with Crippen LogP contribution < -0.4 is 0 Å². The Kier molecular flexibility index (Phi) is 3.16. The average molecular weight is 195 g/mol. The molecule has 1 aliphatic rings. The van der Waals surface area contributed by atoms with Crippen LogP contribution in [-0.2, 0) is 4.79 Å². The van der Waals surface area contributed by atoms with Crippen LogP contribution in [0.5, 0.6) is 0 Å². The van der Waals surface area contributed by atoms with E-state index in [-0.39, 0.29) is 13.0 Å². The predicted molar refractivity (Wildman–Crippen MR) is 39.6 cm³/mol. The molecule has 1 saturated heterocycles. The maximum absolute atomic E-state index is 11.9. The summed E-state index contributed by atoms with van der Waals surface area (Å²) in [6.45, 7) is -0.574. The predicted octanol–water partition coefficient (Wildman–Crippen LogP) is -0.229. The van der Waals surface area contributed by atoms with Gasteiger partial charge in [-0.2, -0.15) is 0 Å². The molecule has 1 rings (SSSR count). The second kappa shape index (κ2) is 3.97. The van der Waals surface area contributed by atoms with Crippen LogP contribution in [0.15, 0.2) is 0 Å². The van der Waals surface area contributed by atoms with E-state index in [1.54, 1.807) is 0 Å². The van der Waals surface area contributed by atoms with E-state index < -0.39 is 31.1 Å². The molecule has 1 heterocycles. The molecule has 0 aliphatic carbocycles. The molecule has 6 heteroatoms. The molecule has 0 aromatic carbocycles. The Morgan fingerprint density at radius 3 is 2.69 bits per heavy atom. The van der Waals surface area contributed by atoms with Crippen LogP contribution in [0.4, 0.5) is 8.78 Å². The zero-order chi connectivity index (χ0) is 10.0. The Hall–Kier alpha value is -0.750. The highest BCUT2D eigenvalue weighted by molar-refractivity contribution is 5.74. The van der Waals surface area contributed by atoms with Crippen LogP contribution in [0.1, 0.15) is 6.42 Å². The van der Waals surface area contributed by atoms with Crippen LogP contribution in [0, 0.1) is 0 Å². The number of aliphatic hydroxyl groups is 1. The molecule has 0 aromatic rings. The maximum Gasteiger partial charge on any atom is 0.321 e.